The fraction of sp³-hybridized carbons (Fsp3) is 0.222. The summed E-state index contributed by atoms with van der Waals surface area (Å²) in [6.07, 6.45) is 11.3. The molecule has 2 saturated carbocycles. The van der Waals surface area contributed by atoms with Gasteiger partial charge in [-0.3, -0.25) is 9.13 Å². The van der Waals surface area contributed by atoms with Crippen molar-refractivity contribution in [3.8, 4) is 0 Å². The van der Waals surface area contributed by atoms with Crippen LogP contribution in [-0.2, 0) is 18.2 Å². The molecule has 6 atom stereocenters. The highest BCUT2D eigenvalue weighted by molar-refractivity contribution is 7.76. The van der Waals surface area contributed by atoms with Crippen LogP contribution in [0, 0.1) is 61.2 Å². The van der Waals surface area contributed by atoms with Crippen molar-refractivity contribution < 1.29 is 18.2 Å². The lowest BCUT2D eigenvalue weighted by atomic mass is 10.0. The van der Waals surface area contributed by atoms with Crippen LogP contribution in [0.4, 0.5) is 0 Å². The Labute approximate surface area is 270 Å². The van der Waals surface area contributed by atoms with Crippen molar-refractivity contribution in [3.63, 3.8) is 0 Å². The molecule has 9 heteroatoms. The van der Waals surface area contributed by atoms with Crippen LogP contribution < -0.4 is 5.30 Å². The van der Waals surface area contributed by atoms with Crippen LogP contribution in [0.1, 0.15) is 37.2 Å². The highest BCUT2D eigenvalue weighted by Crippen LogP contribution is 2.83. The molecule has 0 N–H and O–H groups in total. The predicted molar refractivity (Wildman–Crippen MR) is 182 cm³/mol. The van der Waals surface area contributed by atoms with E-state index in [-0.39, 0.29) is 24.3 Å². The van der Waals surface area contributed by atoms with E-state index in [1.54, 1.807) is 0 Å². The standard InChI is InChI=1S/C36H37N2O4P3/c1-26-35(28-16-8-5-9-17-28)41-44(39,37(26)3)33-24-14-22-31(33)43(30-20-12-7-13-21-30)32-23-15-25-34(32)45(40)38(4)27(2)36(42-45)29-18-10-6-11-19-29/h5-27,35-36H,1-4H3/t26-,27-,35-,36-,44+,45+/m0/s1. The third-order valence-electron chi connectivity index (χ3n) is 9.30. The molecule has 2 aliphatic carbocycles. The fourth-order valence-corrected chi connectivity index (χ4v) is 15.2. The first-order valence-corrected chi connectivity index (χ1v) is 19.7. The van der Waals surface area contributed by atoms with Crippen LogP contribution >= 0.6 is 23.0 Å². The molecule has 6 nitrogen and oxygen atoms in total. The Balaban J connectivity index is 1.24. The minimum atomic E-state index is -3.45. The van der Waals surface area contributed by atoms with Crippen molar-refractivity contribution in [2.45, 2.75) is 38.1 Å². The highest BCUT2D eigenvalue weighted by Gasteiger charge is 2.61. The van der Waals surface area contributed by atoms with Gasteiger partial charge in [0.2, 0.25) is 0 Å². The molecule has 2 heterocycles. The van der Waals surface area contributed by atoms with Gasteiger partial charge in [0.1, 0.15) is 12.2 Å². The minimum absolute atomic E-state index is 0.0915. The molecule has 0 unspecified atom stereocenters. The Morgan fingerprint density at radius 3 is 1.36 bits per heavy atom. The third kappa shape index (κ3) is 5.47. The molecule has 4 aliphatic rings. The van der Waals surface area contributed by atoms with E-state index in [2.05, 4.69) is 38.8 Å². The van der Waals surface area contributed by atoms with Crippen LogP contribution in [0.5, 0.6) is 0 Å². The summed E-state index contributed by atoms with van der Waals surface area (Å²) < 4.78 is 47.1. The van der Waals surface area contributed by atoms with E-state index in [1.807, 2.05) is 128 Å². The van der Waals surface area contributed by atoms with E-state index in [1.165, 1.54) is 0 Å². The minimum Gasteiger partial charge on any atom is -0.307 e. The van der Waals surface area contributed by atoms with Gasteiger partial charge in [0.15, 0.2) is 0 Å². The Morgan fingerprint density at radius 2 is 0.956 bits per heavy atom. The van der Waals surface area contributed by atoms with Gasteiger partial charge in [-0.25, -0.2) is 9.34 Å². The van der Waals surface area contributed by atoms with E-state index in [4.69, 9.17) is 9.05 Å². The molecular weight excluding hydrogens is 617 g/mol. The number of hydrogen-bond acceptors (Lipinski definition) is 4. The largest absolute Gasteiger partial charge is 0.307 e. The Morgan fingerprint density at radius 1 is 0.578 bits per heavy atom. The maximum atomic E-state index is 15.1. The fourth-order valence-electron chi connectivity index (χ4n) is 6.57. The van der Waals surface area contributed by atoms with Gasteiger partial charge in [-0.2, -0.15) is 0 Å². The molecule has 0 amide bonds. The van der Waals surface area contributed by atoms with Crippen molar-refractivity contribution in [1.29, 1.82) is 0 Å². The second-order valence-electron chi connectivity index (χ2n) is 11.8. The average Bonchev–Trinajstić information content (AvgIpc) is 3.85. The molecule has 4 fully saturated rings. The van der Waals surface area contributed by atoms with Crippen LogP contribution in [0.2, 0.25) is 0 Å². The molecule has 0 spiro atoms. The molecule has 3 aromatic rings. The number of hydrogen-bond donors (Lipinski definition) is 0. The Hall–Kier alpha value is -1.61. The topological polar surface area (TPSA) is 59.1 Å². The Bertz CT molecular complexity index is 1460. The number of benzene rings is 3. The van der Waals surface area contributed by atoms with Crippen LogP contribution in [0.25, 0.3) is 0 Å². The first-order valence-electron chi connectivity index (χ1n) is 15.2. The summed E-state index contributed by atoms with van der Waals surface area (Å²) in [7, 11) is -4.37. The third-order valence-corrected chi connectivity index (χ3v) is 17.6. The second kappa shape index (κ2) is 12.8. The summed E-state index contributed by atoms with van der Waals surface area (Å²) in [5.41, 5.74) is 5.31. The van der Waals surface area contributed by atoms with E-state index in [0.29, 0.717) is 11.3 Å². The number of likely N-dealkylation sites (N-methyl/N-ethyl adjacent to an activating group) is 2. The van der Waals surface area contributed by atoms with Gasteiger partial charge in [-0.1, -0.05) is 98.9 Å². The molecule has 0 aromatic heterocycles. The SMILES string of the molecule is C[C@H]1[C@@H](c2ccccc2)O[P@](=O)([C]2[CH][CH][CH][C]2P([C]2[CH][CH][CH][C]2[P@@]2(=O)O[C@H](c3ccccc3)[C@H](C)N2C)c2ccccc2)N1C. The lowest BCUT2D eigenvalue weighted by Gasteiger charge is -2.39. The summed E-state index contributed by atoms with van der Waals surface area (Å²) in [4.78, 5) is 0. The van der Waals surface area contributed by atoms with Gasteiger partial charge in [0.25, 0.3) is 15.0 Å². The van der Waals surface area contributed by atoms with Gasteiger partial charge in [0, 0.05) is 23.4 Å². The quantitative estimate of drug-likeness (QED) is 0.238. The zero-order valence-electron chi connectivity index (χ0n) is 25.8. The molecular formula is C36H37N2O4P3. The summed E-state index contributed by atoms with van der Waals surface area (Å²) in [5.74, 6) is 0. The lowest BCUT2D eigenvalue weighted by molar-refractivity contribution is 0.211. The Kier molecular flexibility index (Phi) is 9.08. The van der Waals surface area contributed by atoms with Gasteiger partial charge in [0.05, 0.1) is 11.3 Å². The summed E-state index contributed by atoms with van der Waals surface area (Å²) in [6.45, 7) is 4.14. The molecule has 7 rings (SSSR count). The van der Waals surface area contributed by atoms with Crippen molar-refractivity contribution in [2.24, 2.45) is 0 Å². The van der Waals surface area contributed by atoms with Crippen molar-refractivity contribution in [3.05, 3.63) is 163 Å². The smallest absolute Gasteiger partial charge is 0.281 e. The van der Waals surface area contributed by atoms with E-state index < -0.39 is 23.0 Å². The van der Waals surface area contributed by atoms with E-state index in [9.17, 15) is 0 Å². The van der Waals surface area contributed by atoms with Gasteiger partial charge in [-0.15, -0.1) is 0 Å². The van der Waals surface area contributed by atoms with E-state index >= 15 is 9.13 Å². The van der Waals surface area contributed by atoms with Crippen LogP contribution in [-0.4, -0.2) is 35.5 Å². The zero-order valence-corrected chi connectivity index (χ0v) is 28.5. The first kappa shape index (κ1) is 32.0. The van der Waals surface area contributed by atoms with E-state index in [0.717, 1.165) is 27.7 Å². The maximum Gasteiger partial charge on any atom is 0.281 e. The summed E-state index contributed by atoms with van der Waals surface area (Å²) in [6, 6.07) is 30.1. The molecule has 3 aromatic carbocycles. The van der Waals surface area contributed by atoms with Gasteiger partial charge < -0.3 is 9.05 Å². The first-order chi connectivity index (χ1) is 21.7. The van der Waals surface area contributed by atoms with Crippen molar-refractivity contribution in [1.82, 2.24) is 9.34 Å². The van der Waals surface area contributed by atoms with Crippen molar-refractivity contribution in [2.75, 3.05) is 14.1 Å². The predicted octanol–water partition coefficient (Wildman–Crippen LogP) is 8.74. The van der Waals surface area contributed by atoms with Gasteiger partial charge in [-0.05, 0) is 82.9 Å². The second-order valence-corrected chi connectivity index (χ2v) is 18.7. The molecule has 2 aliphatic heterocycles. The molecule has 10 radical (unpaired) electrons. The monoisotopic (exact) mass is 654 g/mol. The van der Waals surface area contributed by atoms with Crippen LogP contribution in [0.15, 0.2) is 91.0 Å². The van der Waals surface area contributed by atoms with Crippen molar-refractivity contribution >= 4 is 28.3 Å². The molecule has 45 heavy (non-hydrogen) atoms. The maximum absolute atomic E-state index is 15.1. The summed E-state index contributed by atoms with van der Waals surface area (Å²) in [5, 5.41) is 1.08. The van der Waals surface area contributed by atoms with Crippen LogP contribution in [0.3, 0.4) is 0 Å². The molecule has 0 bridgehead atoms. The highest BCUT2D eigenvalue weighted by atomic mass is 31.2. The average molecular weight is 655 g/mol. The molecule has 230 valence electrons. The molecule has 2 saturated heterocycles. The zero-order chi connectivity index (χ0) is 31.3. The van der Waals surface area contributed by atoms with Gasteiger partial charge >= 0.3 is 0 Å². The summed E-state index contributed by atoms with van der Waals surface area (Å²) >= 11 is 0. The number of nitrogens with zero attached hydrogens (tertiary/aromatic N) is 2. The number of rotatable bonds is 7. The normalized spacial score (nSPS) is 34.4. The lowest BCUT2D eigenvalue weighted by Crippen LogP contribution is -2.27.